The predicted molar refractivity (Wildman–Crippen MR) is 140 cm³/mol. The molecule has 1 heterocycles. The van der Waals surface area contributed by atoms with Crippen molar-refractivity contribution in [3.8, 4) is 11.5 Å². The summed E-state index contributed by atoms with van der Waals surface area (Å²) in [6.45, 7) is 17.9. The third-order valence-corrected chi connectivity index (χ3v) is 7.87. The van der Waals surface area contributed by atoms with Gasteiger partial charge in [0, 0.05) is 32.9 Å². The summed E-state index contributed by atoms with van der Waals surface area (Å²) in [6, 6.07) is 0. The van der Waals surface area contributed by atoms with E-state index in [0.29, 0.717) is 5.75 Å². The van der Waals surface area contributed by atoms with Gasteiger partial charge < -0.3 is 9.84 Å². The molecule has 182 valence electrons. The van der Waals surface area contributed by atoms with E-state index in [1.807, 2.05) is 13.8 Å². The van der Waals surface area contributed by atoms with Crippen LogP contribution in [0.2, 0.25) is 0 Å². The van der Waals surface area contributed by atoms with Crippen molar-refractivity contribution < 1.29 is 9.84 Å². The van der Waals surface area contributed by atoms with Crippen LogP contribution in [0.4, 0.5) is 0 Å². The molecule has 0 aliphatic carbocycles. The quantitative estimate of drug-likeness (QED) is 0.233. The van der Waals surface area contributed by atoms with E-state index in [2.05, 4.69) is 41.5 Å². The molecule has 1 aliphatic rings. The Morgan fingerprint density at radius 1 is 0.812 bits per heavy atom. The monoisotopic (exact) mass is 638 g/mol. The smallest absolute Gasteiger partial charge is 0.127 e. The number of hydrogen-bond donors (Lipinski definition) is 1. The average Bonchev–Trinajstić information content (AvgIpc) is 2.70. The summed E-state index contributed by atoms with van der Waals surface area (Å²) in [7, 11) is 0. The van der Waals surface area contributed by atoms with Gasteiger partial charge in [0.15, 0.2) is 0 Å². The largest absolute Gasteiger partial charge is 0.507 e. The standard InChI is InChI=1S/C29H50O2.Pb/c1-20(2)12-9-13-21(3)14-10-15-22(4)16-11-18-29(8)19-17-26-25(7)27(30)23(5)24(6)28(26)31-29;/h20-22,30H,9-19H2,1-8H3;/t21-,22-,29-;/m1./s1. The molecule has 2 nitrogen and oxygen atoms in total. The van der Waals surface area contributed by atoms with Crippen molar-refractivity contribution >= 4 is 27.3 Å². The molecule has 3 atom stereocenters. The summed E-state index contributed by atoms with van der Waals surface area (Å²) in [6.07, 6.45) is 14.1. The van der Waals surface area contributed by atoms with Crippen LogP contribution in [0.5, 0.6) is 11.5 Å². The molecule has 1 aromatic rings. The Balaban J connectivity index is 0.00000512. The maximum Gasteiger partial charge on any atom is 0.127 e. The van der Waals surface area contributed by atoms with Gasteiger partial charge in [-0.15, -0.1) is 0 Å². The molecule has 0 saturated heterocycles. The fourth-order valence-electron chi connectivity index (χ4n) is 5.27. The molecule has 0 amide bonds. The Hall–Kier alpha value is -0.258. The number of hydrogen-bond acceptors (Lipinski definition) is 2. The average molecular weight is 638 g/mol. The van der Waals surface area contributed by atoms with E-state index in [0.717, 1.165) is 59.5 Å². The molecule has 2 rings (SSSR count). The molecule has 32 heavy (non-hydrogen) atoms. The van der Waals surface area contributed by atoms with Crippen LogP contribution >= 0.6 is 0 Å². The van der Waals surface area contributed by atoms with E-state index in [-0.39, 0.29) is 32.9 Å². The molecule has 0 aromatic heterocycles. The van der Waals surface area contributed by atoms with Crippen LogP contribution in [0.3, 0.4) is 0 Å². The topological polar surface area (TPSA) is 29.5 Å². The maximum atomic E-state index is 10.4. The molecule has 0 bridgehead atoms. The van der Waals surface area contributed by atoms with E-state index in [4.69, 9.17) is 4.74 Å². The van der Waals surface area contributed by atoms with Crippen molar-refractivity contribution in [2.45, 2.75) is 132 Å². The second-order valence-corrected chi connectivity index (χ2v) is 11.4. The number of phenolic OH excluding ortho intramolecular Hbond substituents is 1. The minimum absolute atomic E-state index is 0. The van der Waals surface area contributed by atoms with Gasteiger partial charge in [0.1, 0.15) is 17.1 Å². The van der Waals surface area contributed by atoms with E-state index >= 15 is 0 Å². The number of rotatable bonds is 12. The Bertz CT molecular complexity index is 712. The van der Waals surface area contributed by atoms with Gasteiger partial charge in [0.2, 0.25) is 0 Å². The van der Waals surface area contributed by atoms with Gasteiger partial charge in [-0.2, -0.15) is 0 Å². The van der Waals surface area contributed by atoms with Crippen LogP contribution in [0.15, 0.2) is 0 Å². The van der Waals surface area contributed by atoms with E-state index in [9.17, 15) is 5.11 Å². The number of ether oxygens (including phenoxy) is 1. The molecule has 1 N–H and O–H groups in total. The zero-order valence-corrected chi connectivity index (χ0v) is 26.3. The molecule has 0 saturated carbocycles. The fraction of sp³-hybridized carbons (Fsp3) is 0.793. The Morgan fingerprint density at radius 2 is 1.34 bits per heavy atom. The van der Waals surface area contributed by atoms with Crippen molar-refractivity contribution in [3.05, 3.63) is 22.3 Å². The first-order chi connectivity index (χ1) is 14.5. The molecule has 0 fully saturated rings. The SMILES string of the molecule is Cc1c(C)c2c(c(C)c1O)CC[C@@](C)(CCC[C@H](C)CCC[C@H](C)CCCC(C)C)O2.[Pb]. The summed E-state index contributed by atoms with van der Waals surface area (Å²) >= 11 is 0. The number of fused-ring (bicyclic) bond motifs is 1. The number of benzene rings is 1. The maximum absolute atomic E-state index is 10.4. The van der Waals surface area contributed by atoms with E-state index in [1.54, 1.807) is 0 Å². The predicted octanol–water partition coefficient (Wildman–Crippen LogP) is 8.46. The second kappa shape index (κ2) is 13.6. The molecule has 1 aliphatic heterocycles. The zero-order valence-electron chi connectivity index (χ0n) is 22.4. The van der Waals surface area contributed by atoms with Gasteiger partial charge in [-0.05, 0) is 87.8 Å². The van der Waals surface area contributed by atoms with Gasteiger partial charge in [-0.1, -0.05) is 72.6 Å². The molecular weight excluding hydrogens is 588 g/mol. The van der Waals surface area contributed by atoms with Crippen molar-refractivity contribution in [1.29, 1.82) is 0 Å². The first kappa shape index (κ1) is 29.8. The van der Waals surface area contributed by atoms with Crippen LogP contribution in [0.1, 0.15) is 121 Å². The van der Waals surface area contributed by atoms with E-state index in [1.165, 1.54) is 56.9 Å². The van der Waals surface area contributed by atoms with Gasteiger partial charge in [0.25, 0.3) is 0 Å². The second-order valence-electron chi connectivity index (χ2n) is 11.4. The summed E-state index contributed by atoms with van der Waals surface area (Å²) < 4.78 is 6.60. The Labute approximate surface area is 219 Å². The van der Waals surface area contributed by atoms with Gasteiger partial charge >= 0.3 is 0 Å². The minimum Gasteiger partial charge on any atom is -0.507 e. The minimum atomic E-state index is -0.0712. The van der Waals surface area contributed by atoms with Crippen molar-refractivity contribution in [2.24, 2.45) is 17.8 Å². The molecule has 1 aromatic carbocycles. The van der Waals surface area contributed by atoms with Crippen molar-refractivity contribution in [2.75, 3.05) is 0 Å². The van der Waals surface area contributed by atoms with Crippen molar-refractivity contribution in [1.82, 2.24) is 0 Å². The van der Waals surface area contributed by atoms with Crippen LogP contribution in [-0.2, 0) is 6.42 Å². The summed E-state index contributed by atoms with van der Waals surface area (Å²) in [5, 5.41) is 10.4. The zero-order chi connectivity index (χ0) is 23.2. The third kappa shape index (κ3) is 8.51. The number of phenols is 1. The summed E-state index contributed by atoms with van der Waals surface area (Å²) in [4.78, 5) is 0. The molecular formula is C29H50O2Pb. The first-order valence-electron chi connectivity index (χ1n) is 13.0. The van der Waals surface area contributed by atoms with Crippen LogP contribution in [-0.4, -0.2) is 38.0 Å². The van der Waals surface area contributed by atoms with Crippen molar-refractivity contribution in [3.63, 3.8) is 0 Å². The van der Waals surface area contributed by atoms with Crippen LogP contribution in [0, 0.1) is 38.5 Å². The van der Waals surface area contributed by atoms with Crippen LogP contribution < -0.4 is 4.74 Å². The normalized spacial score (nSPS) is 19.8. The Morgan fingerprint density at radius 3 is 1.91 bits per heavy atom. The van der Waals surface area contributed by atoms with Gasteiger partial charge in [-0.25, -0.2) is 0 Å². The summed E-state index contributed by atoms with van der Waals surface area (Å²) in [5.74, 6) is 4.04. The third-order valence-electron chi connectivity index (χ3n) is 7.87. The van der Waals surface area contributed by atoms with Gasteiger partial charge in [-0.3, -0.25) is 0 Å². The molecule has 0 unspecified atom stereocenters. The van der Waals surface area contributed by atoms with E-state index < -0.39 is 0 Å². The van der Waals surface area contributed by atoms with Gasteiger partial charge in [0.05, 0.1) is 0 Å². The fourth-order valence-corrected chi connectivity index (χ4v) is 5.27. The Kier molecular flexibility index (Phi) is 12.6. The molecule has 0 spiro atoms. The summed E-state index contributed by atoms with van der Waals surface area (Å²) in [5.41, 5.74) is 4.23. The molecule has 4 radical (unpaired) electrons. The number of aromatic hydroxyl groups is 1. The first-order valence-corrected chi connectivity index (χ1v) is 13.0. The van der Waals surface area contributed by atoms with Crippen LogP contribution in [0.25, 0.3) is 0 Å². The molecule has 3 heteroatoms.